The third-order valence-corrected chi connectivity index (χ3v) is 2.77. The third kappa shape index (κ3) is 4.86. The van der Waals surface area contributed by atoms with E-state index in [2.05, 4.69) is 10.3 Å². The summed E-state index contributed by atoms with van der Waals surface area (Å²) in [5.74, 6) is 0.285. The van der Waals surface area contributed by atoms with Crippen molar-refractivity contribution in [3.8, 4) is 0 Å². The first-order chi connectivity index (χ1) is 7.99. The molecule has 1 amide bonds. The van der Waals surface area contributed by atoms with Gasteiger partial charge in [0.15, 0.2) is 0 Å². The van der Waals surface area contributed by atoms with Gasteiger partial charge in [-0.3, -0.25) is 10.2 Å². The molecule has 0 saturated carbocycles. The van der Waals surface area contributed by atoms with Crippen LogP contribution in [-0.2, 0) is 4.79 Å². The lowest BCUT2D eigenvalue weighted by molar-refractivity contribution is -0.119. The molecule has 17 heavy (non-hydrogen) atoms. The topological polar surface area (TPSA) is 91.9 Å². The van der Waals surface area contributed by atoms with Gasteiger partial charge >= 0.3 is 0 Å². The van der Waals surface area contributed by atoms with Crippen LogP contribution < -0.4 is 11.1 Å². The molecule has 1 heterocycles. The molecule has 0 saturated heterocycles. The quantitative estimate of drug-likeness (QED) is 0.414. The van der Waals surface area contributed by atoms with E-state index < -0.39 is 0 Å². The number of pyridine rings is 1. The number of hydrogen-bond acceptors (Lipinski definition) is 4. The van der Waals surface area contributed by atoms with Crippen molar-refractivity contribution in [1.29, 1.82) is 5.41 Å². The lowest BCUT2D eigenvalue weighted by Gasteiger charge is -2.07. The smallest absolute Gasteiger partial charge is 0.230 e. The number of carbonyl (C=O) groups excluding carboxylic acids is 1. The fourth-order valence-corrected chi connectivity index (χ4v) is 1.87. The van der Waals surface area contributed by atoms with Crippen LogP contribution in [0.5, 0.6) is 0 Å². The zero-order valence-electron chi connectivity index (χ0n) is 9.86. The summed E-state index contributed by atoms with van der Waals surface area (Å²) in [6.07, 6.45) is 1.58. The summed E-state index contributed by atoms with van der Waals surface area (Å²) in [6, 6.07) is 3.51. The van der Waals surface area contributed by atoms with Gasteiger partial charge in [0.1, 0.15) is 5.84 Å². The summed E-state index contributed by atoms with van der Waals surface area (Å²) in [5, 5.41) is 10.8. The number of nitrogen functional groups attached to an aromatic ring is 1. The van der Waals surface area contributed by atoms with E-state index in [0.717, 1.165) is 0 Å². The number of thioether (sulfide) groups is 1. The van der Waals surface area contributed by atoms with Gasteiger partial charge in [-0.05, 0) is 26.0 Å². The van der Waals surface area contributed by atoms with Crippen LogP contribution >= 0.6 is 11.8 Å². The summed E-state index contributed by atoms with van der Waals surface area (Å²) >= 11 is 1.33. The second-order valence-corrected chi connectivity index (χ2v) is 4.80. The molecule has 1 aromatic rings. The number of nitrogens with two attached hydrogens (primary N) is 1. The highest BCUT2D eigenvalue weighted by molar-refractivity contribution is 7.99. The molecule has 4 N–H and O–H groups in total. The largest absolute Gasteiger partial charge is 0.384 e. The van der Waals surface area contributed by atoms with Crippen molar-refractivity contribution in [3.63, 3.8) is 0 Å². The lowest BCUT2D eigenvalue weighted by atomic mass is 10.2. The Morgan fingerprint density at radius 3 is 2.94 bits per heavy atom. The van der Waals surface area contributed by atoms with E-state index in [1.165, 1.54) is 11.8 Å². The normalized spacial score (nSPS) is 10.3. The number of amidine groups is 1. The SMILES string of the molecule is CC(C)NC(=O)CSc1cc(C(=N)N)ccn1. The Labute approximate surface area is 105 Å². The molecule has 0 atom stereocenters. The highest BCUT2D eigenvalue weighted by Crippen LogP contribution is 2.15. The standard InChI is InChI=1S/C11H16N4OS/c1-7(2)15-9(16)6-17-10-5-8(11(12)13)3-4-14-10/h3-5,7H,6H2,1-2H3,(H3,12,13)(H,15,16). The van der Waals surface area contributed by atoms with Crippen molar-refractivity contribution in [2.75, 3.05) is 5.75 Å². The summed E-state index contributed by atoms with van der Waals surface area (Å²) < 4.78 is 0. The van der Waals surface area contributed by atoms with Crippen LogP contribution in [0.3, 0.4) is 0 Å². The molecule has 0 fully saturated rings. The van der Waals surface area contributed by atoms with E-state index in [1.807, 2.05) is 13.8 Å². The van der Waals surface area contributed by atoms with Gasteiger partial charge in [0.2, 0.25) is 5.91 Å². The van der Waals surface area contributed by atoms with Crippen LogP contribution in [0, 0.1) is 5.41 Å². The van der Waals surface area contributed by atoms with Crippen molar-refractivity contribution in [1.82, 2.24) is 10.3 Å². The molecule has 6 heteroatoms. The molecule has 5 nitrogen and oxygen atoms in total. The van der Waals surface area contributed by atoms with Gasteiger partial charge < -0.3 is 11.1 Å². The molecule has 0 aliphatic carbocycles. The predicted molar refractivity (Wildman–Crippen MR) is 69.3 cm³/mol. The monoisotopic (exact) mass is 252 g/mol. The van der Waals surface area contributed by atoms with E-state index in [9.17, 15) is 4.79 Å². The highest BCUT2D eigenvalue weighted by atomic mass is 32.2. The Morgan fingerprint density at radius 1 is 1.65 bits per heavy atom. The predicted octanol–water partition coefficient (Wildman–Crippen LogP) is 0.982. The van der Waals surface area contributed by atoms with Crippen LogP contribution in [0.4, 0.5) is 0 Å². The van der Waals surface area contributed by atoms with Crippen LogP contribution in [0.1, 0.15) is 19.4 Å². The van der Waals surface area contributed by atoms with E-state index >= 15 is 0 Å². The van der Waals surface area contributed by atoms with Crippen LogP contribution in [0.15, 0.2) is 23.4 Å². The fraction of sp³-hybridized carbons (Fsp3) is 0.364. The minimum atomic E-state index is -0.0278. The summed E-state index contributed by atoms with van der Waals surface area (Å²) in [5.41, 5.74) is 5.99. The molecule has 0 aliphatic heterocycles. The van der Waals surface area contributed by atoms with Gasteiger partial charge in [-0.15, -0.1) is 0 Å². The molecule has 0 aromatic carbocycles. The molecule has 92 valence electrons. The lowest BCUT2D eigenvalue weighted by Crippen LogP contribution is -2.31. The summed E-state index contributed by atoms with van der Waals surface area (Å²) in [6.45, 7) is 3.83. The second-order valence-electron chi connectivity index (χ2n) is 3.81. The van der Waals surface area contributed by atoms with Gasteiger partial charge in [0, 0.05) is 17.8 Å². The van der Waals surface area contributed by atoms with Crippen molar-refractivity contribution < 1.29 is 4.79 Å². The number of nitrogens with one attached hydrogen (secondary N) is 2. The minimum Gasteiger partial charge on any atom is -0.384 e. The fourth-order valence-electron chi connectivity index (χ4n) is 1.16. The molecule has 0 radical (unpaired) electrons. The Hall–Kier alpha value is -1.56. The molecule has 1 aromatic heterocycles. The minimum absolute atomic E-state index is 0.000817. The second kappa shape index (κ2) is 6.24. The summed E-state index contributed by atoms with van der Waals surface area (Å²) in [4.78, 5) is 15.5. The summed E-state index contributed by atoms with van der Waals surface area (Å²) in [7, 11) is 0. The Morgan fingerprint density at radius 2 is 2.35 bits per heavy atom. The number of aromatic nitrogens is 1. The van der Waals surface area contributed by atoms with Crippen LogP contribution in [0.2, 0.25) is 0 Å². The zero-order valence-corrected chi connectivity index (χ0v) is 10.7. The van der Waals surface area contributed by atoms with E-state index in [1.54, 1.807) is 18.3 Å². The molecule has 0 bridgehead atoms. The number of carbonyl (C=O) groups is 1. The van der Waals surface area contributed by atoms with Crippen molar-refractivity contribution in [3.05, 3.63) is 23.9 Å². The maximum atomic E-state index is 11.4. The molecule has 0 spiro atoms. The average molecular weight is 252 g/mol. The molecular formula is C11H16N4OS. The van der Waals surface area contributed by atoms with Gasteiger partial charge in [0.05, 0.1) is 10.8 Å². The Bertz CT molecular complexity index is 420. The van der Waals surface area contributed by atoms with Crippen molar-refractivity contribution in [2.45, 2.75) is 24.9 Å². The van der Waals surface area contributed by atoms with Gasteiger partial charge in [-0.1, -0.05) is 11.8 Å². The zero-order chi connectivity index (χ0) is 12.8. The maximum Gasteiger partial charge on any atom is 0.230 e. The first-order valence-corrected chi connectivity index (χ1v) is 6.20. The van der Waals surface area contributed by atoms with E-state index in [-0.39, 0.29) is 17.8 Å². The number of hydrogen-bond donors (Lipinski definition) is 3. The highest BCUT2D eigenvalue weighted by Gasteiger charge is 2.06. The first kappa shape index (κ1) is 13.5. The number of amides is 1. The van der Waals surface area contributed by atoms with E-state index in [0.29, 0.717) is 16.3 Å². The van der Waals surface area contributed by atoms with Crippen molar-refractivity contribution in [2.24, 2.45) is 5.73 Å². The first-order valence-electron chi connectivity index (χ1n) is 5.21. The average Bonchev–Trinajstić information content (AvgIpc) is 2.26. The van der Waals surface area contributed by atoms with Gasteiger partial charge in [0.25, 0.3) is 0 Å². The third-order valence-electron chi connectivity index (χ3n) is 1.85. The van der Waals surface area contributed by atoms with E-state index in [4.69, 9.17) is 11.1 Å². The van der Waals surface area contributed by atoms with Crippen LogP contribution in [0.25, 0.3) is 0 Å². The van der Waals surface area contributed by atoms with Gasteiger partial charge in [-0.25, -0.2) is 4.98 Å². The van der Waals surface area contributed by atoms with Crippen molar-refractivity contribution >= 4 is 23.5 Å². The maximum absolute atomic E-state index is 11.4. The van der Waals surface area contributed by atoms with Crippen LogP contribution in [-0.4, -0.2) is 28.5 Å². The molecule has 1 rings (SSSR count). The molecular weight excluding hydrogens is 236 g/mol. The van der Waals surface area contributed by atoms with Gasteiger partial charge in [-0.2, -0.15) is 0 Å². The molecule has 0 unspecified atom stereocenters. The Kier molecular flexibility index (Phi) is 4.96. The Balaban J connectivity index is 2.54. The molecule has 0 aliphatic rings. The number of nitrogens with zero attached hydrogens (tertiary/aromatic N) is 1. The number of rotatable bonds is 5.